The zero-order chi connectivity index (χ0) is 8.49. The number of halogens is 4. The zero-order valence-electron chi connectivity index (χ0n) is 9.27. The van der Waals surface area contributed by atoms with Crippen molar-refractivity contribution in [2.75, 3.05) is 0 Å². The quantitative estimate of drug-likeness (QED) is 0.308. The molecule has 0 aliphatic rings. The molecule has 0 fully saturated rings. The Morgan fingerprint density at radius 1 is 0.278 bits per heavy atom. The van der Waals surface area contributed by atoms with Crippen LogP contribution in [-0.2, 0) is 0 Å². The lowest BCUT2D eigenvalue weighted by Crippen LogP contribution is -1.47. The molecule has 0 aromatic heterocycles. The highest BCUT2D eigenvalue weighted by atomic mass is 127. The topological polar surface area (TPSA) is 35.0 Å². The first-order valence-corrected chi connectivity index (χ1v) is 4.00. The predicted octanol–water partition coefficient (Wildman–Crippen LogP) is 6.64. The summed E-state index contributed by atoms with van der Waals surface area (Å²) in [7, 11) is 0. The van der Waals surface area contributed by atoms with Crippen molar-refractivity contribution < 1.29 is 0 Å². The first-order valence-electron chi connectivity index (χ1n) is 4.00. The van der Waals surface area contributed by atoms with E-state index in [9.17, 15) is 0 Å². The van der Waals surface area contributed by atoms with E-state index < -0.39 is 0 Å². The highest BCUT2D eigenvalue weighted by Gasteiger charge is 1.58. The summed E-state index contributed by atoms with van der Waals surface area (Å²) in [5, 5.41) is 0. The molecule has 0 atom stereocenters. The Morgan fingerprint density at radius 3 is 0.389 bits per heavy atom. The Kier molecular flexibility index (Phi) is 62.9. The summed E-state index contributed by atoms with van der Waals surface area (Å²) >= 11 is 0. The highest BCUT2D eigenvalue weighted by molar-refractivity contribution is 14.0. The second-order valence-corrected chi connectivity index (χ2v) is 2.31. The van der Waals surface area contributed by atoms with Crippen molar-refractivity contribution in [3.63, 3.8) is 0 Å². The zero-order valence-corrected chi connectivity index (χ0v) is 18.6. The average Bonchev–Trinajstić information content (AvgIpc) is 2.24. The third-order valence-corrected chi connectivity index (χ3v) is 1.33. The third kappa shape index (κ3) is 26.0. The van der Waals surface area contributed by atoms with Gasteiger partial charge in [0.05, 0.1) is 0 Å². The van der Waals surface area contributed by atoms with Crippen LogP contribution in [0.2, 0.25) is 0 Å². The van der Waals surface area contributed by atoms with Gasteiger partial charge in [-0.2, -0.15) is 0 Å². The summed E-state index contributed by atoms with van der Waals surface area (Å²) in [6.07, 6.45) is 0. The van der Waals surface area contributed by atoms with Crippen LogP contribution >= 0.6 is 95.9 Å². The summed E-state index contributed by atoms with van der Waals surface area (Å²) < 4.78 is 0. The predicted molar refractivity (Wildman–Crippen MR) is 126 cm³/mol. The molecular weight excluding hydrogens is 678 g/mol. The molecule has 0 saturated carbocycles. The van der Waals surface area contributed by atoms with E-state index in [1.165, 1.54) is 0 Å². The molecule has 5 heteroatoms. The minimum Gasteiger partial charge on any atom is -0.344 e. The highest BCUT2D eigenvalue weighted by Crippen LogP contribution is 1.80. The van der Waals surface area contributed by atoms with Crippen molar-refractivity contribution in [2.24, 2.45) is 0 Å². The van der Waals surface area contributed by atoms with Crippen LogP contribution in [0.1, 0.15) is 7.43 Å². The standard InChI is InChI=1S/2C6H6.CH4.4HI.H3N/c2*1-2-4-6-5-3-1;;;;;;/h2*1-6H;1H4;4*1H;1H3. The summed E-state index contributed by atoms with van der Waals surface area (Å²) in [6.45, 7) is 0. The van der Waals surface area contributed by atoms with Crippen molar-refractivity contribution in [3.8, 4) is 0 Å². The lowest BCUT2D eigenvalue weighted by atomic mass is 10.4. The second-order valence-electron chi connectivity index (χ2n) is 2.31. The third-order valence-electron chi connectivity index (χ3n) is 1.33. The molecule has 2 aromatic carbocycles. The fourth-order valence-corrected chi connectivity index (χ4v) is 0.770. The van der Waals surface area contributed by atoms with E-state index >= 15 is 0 Å². The van der Waals surface area contributed by atoms with E-state index in [1.807, 2.05) is 72.8 Å². The lowest BCUT2D eigenvalue weighted by Gasteiger charge is -1.69. The van der Waals surface area contributed by atoms with Gasteiger partial charge in [0.15, 0.2) is 0 Å². The number of benzene rings is 2. The molecule has 0 aliphatic carbocycles. The molecule has 0 bridgehead atoms. The maximum absolute atomic E-state index is 2.00. The smallest absolute Gasteiger partial charge is 0.0623 e. The minimum absolute atomic E-state index is 0. The molecule has 108 valence electrons. The van der Waals surface area contributed by atoms with Gasteiger partial charge in [-0.25, -0.2) is 0 Å². The maximum atomic E-state index is 2.00. The van der Waals surface area contributed by atoms with Crippen molar-refractivity contribution in [3.05, 3.63) is 72.8 Å². The van der Waals surface area contributed by atoms with E-state index in [2.05, 4.69) is 0 Å². The Balaban J connectivity index is -0.0000000300. The average molecular weight is 701 g/mol. The SMILES string of the molecule is C.I.I.I.I.N.c1ccccc1.c1ccccc1. The normalized spacial score (nSPS) is 5.33. The van der Waals surface area contributed by atoms with Crippen LogP contribution in [0.15, 0.2) is 72.8 Å². The molecule has 18 heavy (non-hydrogen) atoms. The van der Waals surface area contributed by atoms with Gasteiger partial charge in [-0.3, -0.25) is 0 Å². The van der Waals surface area contributed by atoms with Crippen LogP contribution < -0.4 is 6.15 Å². The van der Waals surface area contributed by atoms with Crippen LogP contribution in [-0.4, -0.2) is 0 Å². The molecule has 0 saturated heterocycles. The van der Waals surface area contributed by atoms with Gasteiger partial charge in [0.1, 0.15) is 0 Å². The van der Waals surface area contributed by atoms with E-state index in [0.29, 0.717) is 0 Å². The molecule has 3 N–H and O–H groups in total. The van der Waals surface area contributed by atoms with Crippen molar-refractivity contribution in [1.82, 2.24) is 6.15 Å². The van der Waals surface area contributed by atoms with Gasteiger partial charge >= 0.3 is 0 Å². The van der Waals surface area contributed by atoms with Crippen molar-refractivity contribution in [1.29, 1.82) is 0 Å². The van der Waals surface area contributed by atoms with E-state index in [4.69, 9.17) is 0 Å². The van der Waals surface area contributed by atoms with Crippen molar-refractivity contribution >= 4 is 95.9 Å². The van der Waals surface area contributed by atoms with Crippen molar-refractivity contribution in [2.45, 2.75) is 7.43 Å². The summed E-state index contributed by atoms with van der Waals surface area (Å²) in [4.78, 5) is 0. The molecule has 2 rings (SSSR count). The fourth-order valence-electron chi connectivity index (χ4n) is 0.770. The molecule has 2 aromatic rings. The Morgan fingerprint density at radius 2 is 0.333 bits per heavy atom. The van der Waals surface area contributed by atoms with Gasteiger partial charge in [0.25, 0.3) is 0 Å². The Labute approximate surface area is 180 Å². The number of hydrogen-bond donors (Lipinski definition) is 1. The molecule has 0 radical (unpaired) electrons. The van der Waals surface area contributed by atoms with Crippen LogP contribution in [0, 0.1) is 0 Å². The van der Waals surface area contributed by atoms with Gasteiger partial charge in [-0.15, -0.1) is 95.9 Å². The molecule has 0 heterocycles. The Hall–Kier alpha value is 1.32. The first kappa shape index (κ1) is 36.5. The number of rotatable bonds is 0. The van der Waals surface area contributed by atoms with Gasteiger partial charge in [0, 0.05) is 0 Å². The van der Waals surface area contributed by atoms with Gasteiger partial charge in [-0.05, 0) is 0 Å². The molecule has 0 unspecified atom stereocenters. The first-order chi connectivity index (χ1) is 6.00. The number of hydrogen-bond acceptors (Lipinski definition) is 1. The summed E-state index contributed by atoms with van der Waals surface area (Å²) in [5.74, 6) is 0. The van der Waals surface area contributed by atoms with E-state index in [1.54, 1.807) is 0 Å². The van der Waals surface area contributed by atoms with Gasteiger partial charge < -0.3 is 6.15 Å². The van der Waals surface area contributed by atoms with Crippen LogP contribution in [0.25, 0.3) is 0 Å². The van der Waals surface area contributed by atoms with Gasteiger partial charge in [-0.1, -0.05) is 80.2 Å². The lowest BCUT2D eigenvalue weighted by molar-refractivity contribution is 1.72. The Bertz CT molecular complexity index is 194. The summed E-state index contributed by atoms with van der Waals surface area (Å²) in [6, 6.07) is 24.0. The summed E-state index contributed by atoms with van der Waals surface area (Å²) in [5.41, 5.74) is 0. The van der Waals surface area contributed by atoms with Crippen LogP contribution in [0.4, 0.5) is 0 Å². The maximum Gasteiger partial charge on any atom is -0.0623 e. The van der Waals surface area contributed by atoms with Gasteiger partial charge in [0.2, 0.25) is 0 Å². The molecule has 1 nitrogen and oxygen atoms in total. The molecular formula is C13H23I4N. The largest absolute Gasteiger partial charge is 0.344 e. The fraction of sp³-hybridized carbons (Fsp3) is 0.0769. The van der Waals surface area contributed by atoms with Crippen LogP contribution in [0.5, 0.6) is 0 Å². The van der Waals surface area contributed by atoms with Crippen LogP contribution in [0.3, 0.4) is 0 Å². The van der Waals surface area contributed by atoms with E-state index in [-0.39, 0.29) is 109 Å². The second kappa shape index (κ2) is 31.0. The monoisotopic (exact) mass is 701 g/mol. The molecule has 0 aliphatic heterocycles. The molecule has 0 amide bonds. The molecule has 0 spiro atoms. The van der Waals surface area contributed by atoms with E-state index in [0.717, 1.165) is 0 Å². The minimum atomic E-state index is 0.